The third-order valence-electron chi connectivity index (χ3n) is 2.34. The average molecular weight is 421 g/mol. The van der Waals surface area contributed by atoms with E-state index in [1.165, 1.54) is 12.3 Å². The van der Waals surface area contributed by atoms with Gasteiger partial charge in [0.25, 0.3) is 0 Å². The van der Waals surface area contributed by atoms with Gasteiger partial charge in [-0.25, -0.2) is 4.98 Å². The average Bonchev–Trinajstić information content (AvgIpc) is 2.43. The standard InChI is InChI=1S/C12H8Br2ClN3O2/c13-6-1-2-9(8(14)5-6)20-12-10(15)7(3-4-17-12)11(16)18-19/h1-5,19H,(H2,16,18). The zero-order valence-corrected chi connectivity index (χ0v) is 13.8. The number of hydrogen-bond acceptors (Lipinski definition) is 4. The van der Waals surface area contributed by atoms with Crippen molar-refractivity contribution in [2.45, 2.75) is 0 Å². The number of pyridine rings is 1. The lowest BCUT2D eigenvalue weighted by Gasteiger charge is -2.10. The first-order valence-electron chi connectivity index (χ1n) is 5.28. The maximum atomic E-state index is 8.70. The summed E-state index contributed by atoms with van der Waals surface area (Å²) in [7, 11) is 0. The minimum absolute atomic E-state index is 0.114. The first kappa shape index (κ1) is 15.1. The molecular weight excluding hydrogens is 413 g/mol. The number of aromatic nitrogens is 1. The Bertz CT molecular complexity index is 680. The van der Waals surface area contributed by atoms with Crippen LogP contribution in [-0.4, -0.2) is 16.0 Å². The maximum Gasteiger partial charge on any atom is 0.238 e. The molecule has 104 valence electrons. The second-order valence-corrected chi connectivity index (χ2v) is 5.79. The Kier molecular flexibility index (Phi) is 4.85. The van der Waals surface area contributed by atoms with Crippen LogP contribution in [0.5, 0.6) is 11.6 Å². The number of amidine groups is 1. The Morgan fingerprint density at radius 3 is 2.75 bits per heavy atom. The summed E-state index contributed by atoms with van der Waals surface area (Å²) >= 11 is 12.9. The molecule has 1 heterocycles. The molecule has 2 aromatic rings. The van der Waals surface area contributed by atoms with Gasteiger partial charge in [0.15, 0.2) is 5.84 Å². The van der Waals surface area contributed by atoms with Gasteiger partial charge in [-0.15, -0.1) is 0 Å². The third kappa shape index (κ3) is 3.23. The van der Waals surface area contributed by atoms with Crippen molar-refractivity contribution in [2.24, 2.45) is 10.9 Å². The van der Waals surface area contributed by atoms with Crippen molar-refractivity contribution >= 4 is 49.3 Å². The highest BCUT2D eigenvalue weighted by molar-refractivity contribution is 9.11. The minimum atomic E-state index is -0.114. The highest BCUT2D eigenvalue weighted by atomic mass is 79.9. The van der Waals surface area contributed by atoms with Crippen molar-refractivity contribution in [1.82, 2.24) is 4.98 Å². The van der Waals surface area contributed by atoms with Gasteiger partial charge in [0.2, 0.25) is 5.88 Å². The topological polar surface area (TPSA) is 80.7 Å². The molecule has 0 aliphatic rings. The van der Waals surface area contributed by atoms with Crippen molar-refractivity contribution in [3.63, 3.8) is 0 Å². The SMILES string of the molecule is N/C(=N/O)c1ccnc(Oc2ccc(Br)cc2Br)c1Cl. The molecule has 0 bridgehead atoms. The zero-order chi connectivity index (χ0) is 14.7. The summed E-state index contributed by atoms with van der Waals surface area (Å²) in [5, 5.41) is 11.8. The van der Waals surface area contributed by atoms with E-state index in [0.717, 1.165) is 8.95 Å². The van der Waals surface area contributed by atoms with Crippen LogP contribution in [0.25, 0.3) is 0 Å². The normalized spacial score (nSPS) is 11.4. The summed E-state index contributed by atoms with van der Waals surface area (Å²) in [6, 6.07) is 6.93. The predicted molar refractivity (Wildman–Crippen MR) is 83.7 cm³/mol. The summed E-state index contributed by atoms with van der Waals surface area (Å²) in [4.78, 5) is 4.04. The van der Waals surface area contributed by atoms with Gasteiger partial charge in [-0.1, -0.05) is 32.7 Å². The Morgan fingerprint density at radius 2 is 2.10 bits per heavy atom. The van der Waals surface area contributed by atoms with E-state index >= 15 is 0 Å². The summed E-state index contributed by atoms with van der Waals surface area (Å²) in [6.45, 7) is 0. The summed E-state index contributed by atoms with van der Waals surface area (Å²) in [5.74, 6) is 0.593. The summed E-state index contributed by atoms with van der Waals surface area (Å²) in [6.07, 6.45) is 1.46. The number of ether oxygens (including phenoxy) is 1. The number of benzene rings is 1. The smallest absolute Gasteiger partial charge is 0.238 e. The quantitative estimate of drug-likeness (QED) is 0.338. The molecule has 0 aliphatic heterocycles. The van der Waals surface area contributed by atoms with Crippen LogP contribution < -0.4 is 10.5 Å². The van der Waals surface area contributed by atoms with Gasteiger partial charge in [-0.05, 0) is 40.2 Å². The fourth-order valence-electron chi connectivity index (χ4n) is 1.41. The molecule has 5 nitrogen and oxygen atoms in total. The van der Waals surface area contributed by atoms with Gasteiger partial charge >= 0.3 is 0 Å². The second-order valence-electron chi connectivity index (χ2n) is 3.64. The predicted octanol–water partition coefficient (Wildman–Crippen LogP) is 4.15. The van der Waals surface area contributed by atoms with Crippen LogP contribution in [0.2, 0.25) is 5.02 Å². The Hall–Kier alpha value is -1.31. The molecule has 0 spiro atoms. The molecule has 0 unspecified atom stereocenters. The summed E-state index contributed by atoms with van der Waals surface area (Å²) < 4.78 is 7.27. The third-order valence-corrected chi connectivity index (χ3v) is 3.82. The highest BCUT2D eigenvalue weighted by Gasteiger charge is 2.14. The lowest BCUT2D eigenvalue weighted by Crippen LogP contribution is -2.14. The van der Waals surface area contributed by atoms with E-state index in [4.69, 9.17) is 27.3 Å². The van der Waals surface area contributed by atoms with Crippen molar-refractivity contribution in [3.05, 3.63) is 50.0 Å². The molecule has 0 atom stereocenters. The van der Waals surface area contributed by atoms with Crippen molar-refractivity contribution in [1.29, 1.82) is 0 Å². The number of halogens is 3. The van der Waals surface area contributed by atoms with Crippen molar-refractivity contribution in [3.8, 4) is 11.6 Å². The molecule has 3 N–H and O–H groups in total. The molecule has 8 heteroatoms. The molecule has 0 saturated carbocycles. The largest absolute Gasteiger partial charge is 0.436 e. The lowest BCUT2D eigenvalue weighted by molar-refractivity contribution is 0.318. The van der Waals surface area contributed by atoms with Crippen LogP contribution in [0, 0.1) is 0 Å². The van der Waals surface area contributed by atoms with Crippen LogP contribution in [0.3, 0.4) is 0 Å². The van der Waals surface area contributed by atoms with Crippen molar-refractivity contribution < 1.29 is 9.94 Å². The van der Waals surface area contributed by atoms with Crippen molar-refractivity contribution in [2.75, 3.05) is 0 Å². The Labute approximate surface area is 136 Å². The number of nitrogens with two attached hydrogens (primary N) is 1. The number of oxime groups is 1. The molecule has 0 saturated heterocycles. The van der Waals surface area contributed by atoms with E-state index < -0.39 is 0 Å². The fourth-order valence-corrected chi connectivity index (χ4v) is 2.78. The van der Waals surface area contributed by atoms with Crippen LogP contribution >= 0.6 is 43.5 Å². The van der Waals surface area contributed by atoms with E-state index in [-0.39, 0.29) is 16.7 Å². The van der Waals surface area contributed by atoms with E-state index in [1.807, 2.05) is 12.1 Å². The van der Waals surface area contributed by atoms with Crippen LogP contribution in [0.15, 0.2) is 44.6 Å². The Balaban J connectivity index is 2.39. The van der Waals surface area contributed by atoms with Gasteiger partial charge in [0, 0.05) is 16.2 Å². The van der Waals surface area contributed by atoms with Crippen LogP contribution in [0.1, 0.15) is 5.56 Å². The van der Waals surface area contributed by atoms with Gasteiger partial charge in [0.05, 0.1) is 4.47 Å². The highest BCUT2D eigenvalue weighted by Crippen LogP contribution is 2.35. The lowest BCUT2D eigenvalue weighted by atomic mass is 10.2. The Morgan fingerprint density at radius 1 is 1.35 bits per heavy atom. The molecule has 1 aromatic carbocycles. The molecule has 2 rings (SSSR count). The molecular formula is C12H8Br2ClN3O2. The zero-order valence-electron chi connectivity index (χ0n) is 9.85. The first-order chi connectivity index (χ1) is 9.52. The van der Waals surface area contributed by atoms with Gasteiger partial charge in [-0.3, -0.25) is 0 Å². The van der Waals surface area contributed by atoms with E-state index in [9.17, 15) is 0 Å². The molecule has 0 fully saturated rings. The van der Waals surface area contributed by atoms with Crippen LogP contribution in [0.4, 0.5) is 0 Å². The molecule has 1 aromatic heterocycles. The van der Waals surface area contributed by atoms with E-state index in [1.54, 1.807) is 6.07 Å². The fraction of sp³-hybridized carbons (Fsp3) is 0. The van der Waals surface area contributed by atoms with Crippen LogP contribution in [-0.2, 0) is 0 Å². The number of nitrogens with zero attached hydrogens (tertiary/aromatic N) is 2. The molecule has 0 amide bonds. The maximum absolute atomic E-state index is 8.70. The first-order valence-corrected chi connectivity index (χ1v) is 7.24. The molecule has 0 aliphatic carbocycles. The molecule has 20 heavy (non-hydrogen) atoms. The second kappa shape index (κ2) is 6.43. The van der Waals surface area contributed by atoms with Gasteiger partial charge in [-0.2, -0.15) is 0 Å². The number of hydrogen-bond donors (Lipinski definition) is 2. The number of rotatable bonds is 3. The monoisotopic (exact) mass is 419 g/mol. The van der Waals surface area contributed by atoms with Gasteiger partial charge < -0.3 is 15.7 Å². The molecule has 0 radical (unpaired) electrons. The van der Waals surface area contributed by atoms with E-state index in [0.29, 0.717) is 11.3 Å². The summed E-state index contributed by atoms with van der Waals surface area (Å²) in [5.41, 5.74) is 5.86. The minimum Gasteiger partial charge on any atom is -0.436 e. The van der Waals surface area contributed by atoms with E-state index in [2.05, 4.69) is 42.0 Å². The van der Waals surface area contributed by atoms with Gasteiger partial charge in [0.1, 0.15) is 10.8 Å².